The van der Waals surface area contributed by atoms with Crippen LogP contribution in [0.4, 0.5) is 16.5 Å². The SMILES string of the molecule is CCN(CCOS(=O)(=O)[O-])c1ccc(N=Nc2snc[n+]2C)cc1. The summed E-state index contributed by atoms with van der Waals surface area (Å²) in [5, 5.41) is 8.94. The summed E-state index contributed by atoms with van der Waals surface area (Å²) in [6.07, 6.45) is 1.66. The van der Waals surface area contributed by atoms with Crippen molar-refractivity contribution in [1.29, 1.82) is 0 Å². The first-order valence-corrected chi connectivity index (χ1v) is 9.17. The van der Waals surface area contributed by atoms with Gasteiger partial charge in [-0.15, -0.1) is 0 Å². The molecule has 0 aliphatic heterocycles. The number of rotatable bonds is 8. The van der Waals surface area contributed by atoms with Crippen LogP contribution in [-0.2, 0) is 21.6 Å². The van der Waals surface area contributed by atoms with E-state index in [2.05, 4.69) is 18.8 Å². The highest BCUT2D eigenvalue weighted by atomic mass is 32.3. The fourth-order valence-corrected chi connectivity index (χ4v) is 2.71. The van der Waals surface area contributed by atoms with Crippen LogP contribution >= 0.6 is 11.5 Å². The molecule has 1 heterocycles. The molecule has 11 heteroatoms. The first-order valence-electron chi connectivity index (χ1n) is 7.06. The number of hydrogen-bond donors (Lipinski definition) is 0. The van der Waals surface area contributed by atoms with E-state index in [1.165, 1.54) is 11.5 Å². The van der Waals surface area contributed by atoms with E-state index in [0.717, 1.165) is 5.69 Å². The van der Waals surface area contributed by atoms with Gasteiger partial charge in [-0.05, 0) is 35.6 Å². The molecule has 24 heavy (non-hydrogen) atoms. The number of aryl methyl sites for hydroxylation is 1. The lowest BCUT2D eigenvalue weighted by Crippen LogP contribution is -2.27. The summed E-state index contributed by atoms with van der Waals surface area (Å²) in [5.41, 5.74) is 1.55. The van der Waals surface area contributed by atoms with E-state index in [1.54, 1.807) is 23.0 Å². The van der Waals surface area contributed by atoms with E-state index >= 15 is 0 Å². The van der Waals surface area contributed by atoms with Gasteiger partial charge in [-0.1, -0.05) is 5.11 Å². The Labute approximate surface area is 144 Å². The molecular weight excluding hydrogens is 354 g/mol. The monoisotopic (exact) mass is 371 g/mol. The average molecular weight is 371 g/mol. The summed E-state index contributed by atoms with van der Waals surface area (Å²) >= 11 is 1.25. The number of anilines is 1. The zero-order valence-electron chi connectivity index (χ0n) is 13.2. The van der Waals surface area contributed by atoms with Crippen LogP contribution in [0.2, 0.25) is 0 Å². The van der Waals surface area contributed by atoms with Gasteiger partial charge in [-0.25, -0.2) is 13.0 Å². The average Bonchev–Trinajstić information content (AvgIpc) is 2.94. The van der Waals surface area contributed by atoms with Crippen LogP contribution in [-0.4, -0.2) is 37.0 Å². The minimum Gasteiger partial charge on any atom is -0.726 e. The molecule has 0 saturated heterocycles. The molecule has 0 spiro atoms. The van der Waals surface area contributed by atoms with Crippen LogP contribution in [0.3, 0.4) is 0 Å². The Morgan fingerprint density at radius 3 is 2.58 bits per heavy atom. The van der Waals surface area contributed by atoms with Crippen LogP contribution in [0.5, 0.6) is 0 Å². The van der Waals surface area contributed by atoms with Crippen LogP contribution in [0.25, 0.3) is 0 Å². The minimum atomic E-state index is -4.66. The van der Waals surface area contributed by atoms with Gasteiger partial charge in [0.15, 0.2) is 0 Å². The highest BCUT2D eigenvalue weighted by Crippen LogP contribution is 2.22. The van der Waals surface area contributed by atoms with Crippen molar-refractivity contribution in [1.82, 2.24) is 4.37 Å². The normalized spacial score (nSPS) is 12.0. The molecule has 0 radical (unpaired) electrons. The van der Waals surface area contributed by atoms with E-state index in [1.807, 2.05) is 31.0 Å². The van der Waals surface area contributed by atoms with Crippen LogP contribution in [0, 0.1) is 0 Å². The van der Waals surface area contributed by atoms with Crippen molar-refractivity contribution in [3.8, 4) is 0 Å². The summed E-state index contributed by atoms with van der Waals surface area (Å²) in [7, 11) is -2.82. The molecule has 0 bridgehead atoms. The third-order valence-electron chi connectivity index (χ3n) is 3.09. The van der Waals surface area contributed by atoms with Gasteiger partial charge in [-0.2, -0.15) is 0 Å². The molecular formula is C13H17N5O4S2. The molecule has 0 atom stereocenters. The van der Waals surface area contributed by atoms with Crippen LogP contribution < -0.4 is 9.47 Å². The molecule has 1 aromatic heterocycles. The van der Waals surface area contributed by atoms with E-state index < -0.39 is 10.4 Å². The standard InChI is InChI=1S/C13H17N5O4S2/c1-3-18(8-9-22-24(19,20)21)12-6-4-11(5-7-12)15-16-13-17(2)10-14-23-13/h4-7,10H,3,8-9H2,1-2H3. The van der Waals surface area contributed by atoms with Crippen molar-refractivity contribution < 1.29 is 21.7 Å². The first kappa shape index (κ1) is 18.4. The molecule has 2 rings (SSSR count). The van der Waals surface area contributed by atoms with Crippen LogP contribution in [0.1, 0.15) is 6.92 Å². The highest BCUT2D eigenvalue weighted by Gasteiger charge is 2.08. The second kappa shape index (κ2) is 8.24. The number of likely N-dealkylation sites (N-methyl/N-ethyl adjacent to an activating group) is 1. The predicted octanol–water partition coefficient (Wildman–Crippen LogP) is 1.69. The van der Waals surface area contributed by atoms with Gasteiger partial charge in [0.05, 0.1) is 13.7 Å². The number of azo groups is 1. The molecule has 0 amide bonds. The largest absolute Gasteiger partial charge is 0.726 e. The third kappa shape index (κ3) is 5.60. The van der Waals surface area contributed by atoms with Gasteiger partial charge in [-0.3, -0.25) is 4.18 Å². The zero-order chi connectivity index (χ0) is 17.6. The summed E-state index contributed by atoms with van der Waals surface area (Å²) in [5.74, 6) is 0. The Bertz CT molecular complexity index is 789. The molecule has 0 aliphatic carbocycles. The lowest BCUT2D eigenvalue weighted by Gasteiger charge is -2.23. The second-order valence-corrected chi connectivity index (χ2v) is 6.54. The molecule has 2 aromatic rings. The van der Waals surface area contributed by atoms with Crippen LogP contribution in [0.15, 0.2) is 40.8 Å². The van der Waals surface area contributed by atoms with Gasteiger partial charge >= 0.3 is 5.13 Å². The third-order valence-corrected chi connectivity index (χ3v) is 4.28. The van der Waals surface area contributed by atoms with E-state index in [-0.39, 0.29) is 13.2 Å². The predicted molar refractivity (Wildman–Crippen MR) is 87.4 cm³/mol. The molecule has 0 fully saturated rings. The van der Waals surface area contributed by atoms with Crippen molar-refractivity contribution in [2.75, 3.05) is 24.6 Å². The fourth-order valence-electron chi connectivity index (χ4n) is 1.89. The Hall–Kier alpha value is -1.95. The van der Waals surface area contributed by atoms with Crippen molar-refractivity contribution in [2.45, 2.75) is 6.92 Å². The Morgan fingerprint density at radius 2 is 2.04 bits per heavy atom. The first-order chi connectivity index (χ1) is 11.4. The maximum Gasteiger partial charge on any atom is 0.378 e. The summed E-state index contributed by atoms with van der Waals surface area (Å²) in [4.78, 5) is 1.88. The van der Waals surface area contributed by atoms with Gasteiger partial charge in [0, 0.05) is 23.9 Å². The molecule has 130 valence electrons. The lowest BCUT2D eigenvalue weighted by atomic mass is 10.2. The molecule has 0 saturated carbocycles. The number of nitrogens with zero attached hydrogens (tertiary/aromatic N) is 5. The van der Waals surface area contributed by atoms with E-state index in [0.29, 0.717) is 17.4 Å². The minimum absolute atomic E-state index is 0.191. The lowest BCUT2D eigenvalue weighted by molar-refractivity contribution is -0.656. The Kier molecular flexibility index (Phi) is 6.31. The molecule has 0 unspecified atom stereocenters. The highest BCUT2D eigenvalue weighted by molar-refractivity contribution is 7.80. The molecule has 1 aromatic carbocycles. The number of hydrogen-bond acceptors (Lipinski definition) is 9. The zero-order valence-corrected chi connectivity index (χ0v) is 14.8. The van der Waals surface area contributed by atoms with Gasteiger partial charge in [0.1, 0.15) is 17.2 Å². The van der Waals surface area contributed by atoms with E-state index in [9.17, 15) is 13.0 Å². The van der Waals surface area contributed by atoms with Crippen molar-refractivity contribution >= 4 is 38.4 Å². The van der Waals surface area contributed by atoms with Crippen molar-refractivity contribution in [2.24, 2.45) is 17.3 Å². The number of aromatic nitrogens is 2. The second-order valence-electron chi connectivity index (χ2n) is 4.73. The Balaban J connectivity index is 1.99. The Morgan fingerprint density at radius 1 is 1.33 bits per heavy atom. The topological polar surface area (TPSA) is 111 Å². The van der Waals surface area contributed by atoms with Gasteiger partial charge in [0.25, 0.3) is 0 Å². The maximum absolute atomic E-state index is 10.5. The molecule has 9 nitrogen and oxygen atoms in total. The van der Waals surface area contributed by atoms with Crippen molar-refractivity contribution in [3.05, 3.63) is 30.6 Å². The smallest absolute Gasteiger partial charge is 0.378 e. The quantitative estimate of drug-likeness (QED) is 0.302. The summed E-state index contributed by atoms with van der Waals surface area (Å²) in [6, 6.07) is 7.29. The van der Waals surface area contributed by atoms with Gasteiger partial charge < -0.3 is 9.45 Å². The van der Waals surface area contributed by atoms with Crippen molar-refractivity contribution in [3.63, 3.8) is 0 Å². The van der Waals surface area contributed by atoms with Gasteiger partial charge in [0.2, 0.25) is 16.7 Å². The number of benzene rings is 1. The summed E-state index contributed by atoms with van der Waals surface area (Å²) in [6.45, 7) is 2.65. The van der Waals surface area contributed by atoms with E-state index in [4.69, 9.17) is 0 Å². The fraction of sp³-hybridized carbons (Fsp3) is 0.385. The summed E-state index contributed by atoms with van der Waals surface area (Å²) < 4.78 is 41.4. The molecule has 0 aliphatic rings. The molecule has 0 N–H and O–H groups in total. The maximum atomic E-state index is 10.5.